The number of rotatable bonds is 3. The Kier molecular flexibility index (Phi) is 4.32. The number of carbonyl (C=O) groups is 1. The average molecular weight is 341 g/mol. The fraction of sp³-hybridized carbons (Fsp3) is 0.462. The van der Waals surface area contributed by atoms with E-state index in [2.05, 4.69) is 30.5 Å². The zero-order valence-electron chi connectivity index (χ0n) is 12.4. The Morgan fingerprint density at radius 3 is 2.58 bits per heavy atom. The molecule has 24 heavy (non-hydrogen) atoms. The van der Waals surface area contributed by atoms with Gasteiger partial charge >= 0.3 is 6.18 Å². The first-order chi connectivity index (χ1) is 11.4. The summed E-state index contributed by atoms with van der Waals surface area (Å²) in [6, 6.07) is 0.811. The summed E-state index contributed by atoms with van der Waals surface area (Å²) in [4.78, 5) is 24.6. The molecule has 0 radical (unpaired) electrons. The summed E-state index contributed by atoms with van der Waals surface area (Å²) in [5, 5.41) is 9.11. The first kappa shape index (κ1) is 16.1. The molecule has 3 heterocycles. The predicted octanol–water partition coefficient (Wildman–Crippen LogP) is 1.33. The zero-order valence-corrected chi connectivity index (χ0v) is 12.4. The topological polar surface area (TPSA) is 99.7 Å². The molecular formula is C13H14F3N7O. The number of halogens is 3. The third-order valence-electron chi connectivity index (χ3n) is 3.71. The number of piperidine rings is 1. The van der Waals surface area contributed by atoms with Gasteiger partial charge in [0.15, 0.2) is 0 Å². The Bertz CT molecular complexity index is 696. The highest BCUT2D eigenvalue weighted by Gasteiger charge is 2.33. The normalized spacial score (nSPS) is 16.2. The van der Waals surface area contributed by atoms with Gasteiger partial charge in [0.2, 0.25) is 5.82 Å². The summed E-state index contributed by atoms with van der Waals surface area (Å²) in [6.07, 6.45) is -1.19. The van der Waals surface area contributed by atoms with Gasteiger partial charge in [-0.2, -0.15) is 18.3 Å². The highest BCUT2D eigenvalue weighted by Crippen LogP contribution is 2.28. The molecule has 8 nitrogen and oxygen atoms in total. The van der Waals surface area contributed by atoms with Crippen LogP contribution < -0.4 is 5.32 Å². The zero-order chi connectivity index (χ0) is 17.2. The number of anilines is 1. The number of nitrogens with one attached hydrogen (secondary N) is 2. The summed E-state index contributed by atoms with van der Waals surface area (Å²) in [7, 11) is 0. The van der Waals surface area contributed by atoms with Crippen molar-refractivity contribution in [2.45, 2.75) is 25.1 Å². The second-order valence-electron chi connectivity index (χ2n) is 5.33. The molecule has 0 unspecified atom stereocenters. The van der Waals surface area contributed by atoms with Crippen LogP contribution in [-0.4, -0.2) is 55.1 Å². The standard InChI is InChI=1S/C13H14F3N7O/c14-13(15,16)9-5-10(18-6-17-9)21-8-1-3-23(4-2-8)12(24)11-19-7-20-22-11/h5-8H,1-4H2,(H,17,18,21)(H,19,20,22). The Morgan fingerprint density at radius 2 is 1.96 bits per heavy atom. The minimum atomic E-state index is -4.51. The van der Waals surface area contributed by atoms with E-state index < -0.39 is 11.9 Å². The van der Waals surface area contributed by atoms with Crippen molar-refractivity contribution in [3.63, 3.8) is 0 Å². The number of H-pyrrole nitrogens is 1. The van der Waals surface area contributed by atoms with Crippen molar-refractivity contribution in [2.24, 2.45) is 0 Å². The number of hydrogen-bond acceptors (Lipinski definition) is 6. The van der Waals surface area contributed by atoms with Crippen LogP contribution in [0.1, 0.15) is 29.2 Å². The molecule has 0 aliphatic carbocycles. The molecule has 0 atom stereocenters. The molecule has 0 aromatic carbocycles. The van der Waals surface area contributed by atoms with Gasteiger partial charge in [0.05, 0.1) is 0 Å². The largest absolute Gasteiger partial charge is 0.433 e. The quantitative estimate of drug-likeness (QED) is 0.874. The Hall–Kier alpha value is -2.72. The Morgan fingerprint density at radius 1 is 1.21 bits per heavy atom. The number of hydrogen-bond donors (Lipinski definition) is 2. The predicted molar refractivity (Wildman–Crippen MR) is 76.0 cm³/mol. The molecular weight excluding hydrogens is 327 g/mol. The number of alkyl halides is 3. The van der Waals surface area contributed by atoms with Gasteiger partial charge in [-0.3, -0.25) is 9.89 Å². The lowest BCUT2D eigenvalue weighted by atomic mass is 10.0. The Labute approximate surface area is 134 Å². The van der Waals surface area contributed by atoms with E-state index in [1.807, 2.05) is 0 Å². The molecule has 0 bridgehead atoms. The second-order valence-corrected chi connectivity index (χ2v) is 5.33. The van der Waals surface area contributed by atoms with Crippen molar-refractivity contribution in [1.82, 2.24) is 30.0 Å². The van der Waals surface area contributed by atoms with E-state index in [1.54, 1.807) is 4.90 Å². The minimum absolute atomic E-state index is 0.0697. The maximum atomic E-state index is 12.6. The molecule has 0 spiro atoms. The summed E-state index contributed by atoms with van der Waals surface area (Å²) in [5.74, 6) is 0.0525. The fourth-order valence-corrected chi connectivity index (χ4v) is 2.49. The van der Waals surface area contributed by atoms with Gasteiger partial charge in [0, 0.05) is 25.2 Å². The van der Waals surface area contributed by atoms with E-state index in [0.29, 0.717) is 25.9 Å². The number of likely N-dealkylation sites (tertiary alicyclic amines) is 1. The minimum Gasteiger partial charge on any atom is -0.367 e. The van der Waals surface area contributed by atoms with Crippen LogP contribution in [0.4, 0.5) is 19.0 Å². The van der Waals surface area contributed by atoms with Gasteiger partial charge < -0.3 is 10.2 Å². The van der Waals surface area contributed by atoms with E-state index in [9.17, 15) is 18.0 Å². The van der Waals surface area contributed by atoms with Crippen molar-refractivity contribution in [3.8, 4) is 0 Å². The van der Waals surface area contributed by atoms with E-state index in [-0.39, 0.29) is 23.6 Å². The number of nitrogens with zero attached hydrogens (tertiary/aromatic N) is 5. The molecule has 1 aliphatic rings. The lowest BCUT2D eigenvalue weighted by Crippen LogP contribution is -2.42. The maximum Gasteiger partial charge on any atom is 0.433 e. The van der Waals surface area contributed by atoms with Crippen LogP contribution in [0.5, 0.6) is 0 Å². The average Bonchev–Trinajstić information content (AvgIpc) is 3.09. The molecule has 1 aliphatic heterocycles. The summed E-state index contributed by atoms with van der Waals surface area (Å²) in [5.41, 5.74) is -0.988. The highest BCUT2D eigenvalue weighted by molar-refractivity contribution is 5.90. The Balaban J connectivity index is 1.57. The monoisotopic (exact) mass is 341 g/mol. The SMILES string of the molecule is O=C(c1ncn[nH]1)N1CCC(Nc2cc(C(F)(F)F)ncn2)CC1. The van der Waals surface area contributed by atoms with Crippen LogP contribution in [0, 0.1) is 0 Å². The lowest BCUT2D eigenvalue weighted by Gasteiger charge is -2.32. The van der Waals surface area contributed by atoms with Gasteiger partial charge in [-0.05, 0) is 12.8 Å². The molecule has 1 fully saturated rings. The molecule has 0 saturated carbocycles. The molecule has 11 heteroatoms. The number of amides is 1. The fourth-order valence-electron chi connectivity index (χ4n) is 2.49. The van der Waals surface area contributed by atoms with Crippen LogP contribution in [0.15, 0.2) is 18.7 Å². The molecule has 2 aromatic rings. The van der Waals surface area contributed by atoms with Crippen molar-refractivity contribution < 1.29 is 18.0 Å². The number of aromatic amines is 1. The van der Waals surface area contributed by atoms with Gasteiger partial charge in [0.1, 0.15) is 24.2 Å². The van der Waals surface area contributed by atoms with Crippen molar-refractivity contribution in [1.29, 1.82) is 0 Å². The molecule has 2 aromatic heterocycles. The lowest BCUT2D eigenvalue weighted by molar-refractivity contribution is -0.141. The van der Waals surface area contributed by atoms with E-state index >= 15 is 0 Å². The molecule has 2 N–H and O–H groups in total. The summed E-state index contributed by atoms with van der Waals surface area (Å²) < 4.78 is 37.9. The highest BCUT2D eigenvalue weighted by atomic mass is 19.4. The van der Waals surface area contributed by atoms with Crippen LogP contribution in [0.3, 0.4) is 0 Å². The third kappa shape index (κ3) is 3.60. The van der Waals surface area contributed by atoms with Crippen LogP contribution in [-0.2, 0) is 6.18 Å². The molecule has 128 valence electrons. The maximum absolute atomic E-state index is 12.6. The van der Waals surface area contributed by atoms with Crippen molar-refractivity contribution >= 4 is 11.7 Å². The van der Waals surface area contributed by atoms with Crippen LogP contribution in [0.25, 0.3) is 0 Å². The summed E-state index contributed by atoms with van der Waals surface area (Å²) in [6.45, 7) is 0.933. The first-order valence-corrected chi connectivity index (χ1v) is 7.24. The van der Waals surface area contributed by atoms with Crippen LogP contribution >= 0.6 is 0 Å². The smallest absolute Gasteiger partial charge is 0.367 e. The van der Waals surface area contributed by atoms with E-state index in [1.165, 1.54) is 6.33 Å². The van der Waals surface area contributed by atoms with Crippen LogP contribution in [0.2, 0.25) is 0 Å². The molecule has 1 saturated heterocycles. The third-order valence-corrected chi connectivity index (χ3v) is 3.71. The van der Waals surface area contributed by atoms with Gasteiger partial charge in [-0.25, -0.2) is 15.0 Å². The van der Waals surface area contributed by atoms with Gasteiger partial charge in [0.25, 0.3) is 5.91 Å². The second kappa shape index (κ2) is 6.42. The van der Waals surface area contributed by atoms with E-state index in [0.717, 1.165) is 12.4 Å². The van der Waals surface area contributed by atoms with Crippen molar-refractivity contribution in [2.75, 3.05) is 18.4 Å². The van der Waals surface area contributed by atoms with Gasteiger partial charge in [-0.1, -0.05) is 0 Å². The van der Waals surface area contributed by atoms with E-state index in [4.69, 9.17) is 0 Å². The number of carbonyl (C=O) groups excluding carboxylic acids is 1. The van der Waals surface area contributed by atoms with Gasteiger partial charge in [-0.15, -0.1) is 0 Å². The molecule has 1 amide bonds. The van der Waals surface area contributed by atoms with Crippen molar-refractivity contribution in [3.05, 3.63) is 30.2 Å². The molecule has 3 rings (SSSR count). The number of aromatic nitrogens is 5. The summed E-state index contributed by atoms with van der Waals surface area (Å²) >= 11 is 0. The first-order valence-electron chi connectivity index (χ1n) is 7.24.